The van der Waals surface area contributed by atoms with Crippen molar-refractivity contribution in [3.8, 4) is 5.75 Å². The highest BCUT2D eigenvalue weighted by Gasteiger charge is 2.04. The van der Waals surface area contributed by atoms with Gasteiger partial charge in [-0.2, -0.15) is 0 Å². The van der Waals surface area contributed by atoms with Gasteiger partial charge in [-0.1, -0.05) is 18.2 Å². The third kappa shape index (κ3) is 2.24. The summed E-state index contributed by atoms with van der Waals surface area (Å²) >= 11 is 3.46. The first-order valence-electron chi connectivity index (χ1n) is 5.62. The number of fused-ring (bicyclic) bond motifs is 1. The maximum atomic E-state index is 5.72. The third-order valence-electron chi connectivity index (χ3n) is 2.68. The lowest BCUT2D eigenvalue weighted by Gasteiger charge is -2.05. The van der Waals surface area contributed by atoms with E-state index in [1.807, 2.05) is 59.3 Å². The molecule has 2 aromatic heterocycles. The summed E-state index contributed by atoms with van der Waals surface area (Å²) < 4.78 is 8.77. The molecule has 3 nitrogen and oxygen atoms in total. The van der Waals surface area contributed by atoms with Crippen LogP contribution in [0.5, 0.6) is 5.75 Å². The molecule has 0 radical (unpaired) electrons. The Kier molecular flexibility index (Phi) is 3.02. The molecule has 0 fully saturated rings. The van der Waals surface area contributed by atoms with Gasteiger partial charge in [-0.3, -0.25) is 4.40 Å². The van der Waals surface area contributed by atoms with Gasteiger partial charge in [0.15, 0.2) is 0 Å². The Balaban J connectivity index is 1.85. The number of pyridine rings is 1. The van der Waals surface area contributed by atoms with E-state index in [1.54, 1.807) is 0 Å². The molecule has 0 saturated carbocycles. The molecule has 0 saturated heterocycles. The molecule has 90 valence electrons. The number of hydrogen-bond donors (Lipinski definition) is 0. The van der Waals surface area contributed by atoms with Crippen LogP contribution >= 0.6 is 15.9 Å². The largest absolute Gasteiger partial charge is 0.487 e. The molecular formula is C14H11BrN2O. The third-order valence-corrected chi connectivity index (χ3v) is 3.15. The van der Waals surface area contributed by atoms with Crippen molar-refractivity contribution in [2.75, 3.05) is 0 Å². The lowest BCUT2D eigenvalue weighted by molar-refractivity contribution is 0.300. The molecule has 1 aromatic carbocycles. The maximum Gasteiger partial charge on any atom is 0.137 e. The van der Waals surface area contributed by atoms with Crippen LogP contribution in [-0.2, 0) is 6.61 Å². The summed E-state index contributed by atoms with van der Waals surface area (Å²) in [5.74, 6) is 0.863. The minimum Gasteiger partial charge on any atom is -0.487 e. The van der Waals surface area contributed by atoms with Crippen LogP contribution < -0.4 is 4.74 Å². The molecule has 0 N–H and O–H groups in total. The van der Waals surface area contributed by atoms with Crippen LogP contribution in [0.15, 0.2) is 59.3 Å². The molecule has 18 heavy (non-hydrogen) atoms. The predicted octanol–water partition coefficient (Wildman–Crippen LogP) is 3.68. The van der Waals surface area contributed by atoms with Gasteiger partial charge in [0.05, 0.1) is 11.9 Å². The second-order valence-electron chi connectivity index (χ2n) is 3.93. The summed E-state index contributed by atoms with van der Waals surface area (Å²) in [5, 5.41) is 0. The Morgan fingerprint density at radius 1 is 1.11 bits per heavy atom. The Labute approximate surface area is 113 Å². The highest BCUT2D eigenvalue weighted by atomic mass is 79.9. The van der Waals surface area contributed by atoms with Crippen LogP contribution in [0.4, 0.5) is 0 Å². The Hall–Kier alpha value is -1.81. The number of hydrogen-bond acceptors (Lipinski definition) is 2. The van der Waals surface area contributed by atoms with Crippen LogP contribution in [0.25, 0.3) is 5.65 Å². The molecule has 0 aliphatic rings. The summed E-state index contributed by atoms with van der Waals surface area (Å²) in [6.45, 7) is 0.502. The van der Waals surface area contributed by atoms with Crippen LogP contribution in [0.1, 0.15) is 5.69 Å². The number of imidazole rings is 1. The van der Waals surface area contributed by atoms with Gasteiger partial charge in [-0.15, -0.1) is 0 Å². The van der Waals surface area contributed by atoms with Crippen molar-refractivity contribution in [3.05, 3.63) is 65.0 Å². The molecule has 0 aliphatic heterocycles. The number of halogens is 1. The summed E-state index contributed by atoms with van der Waals surface area (Å²) in [4.78, 5) is 4.33. The molecule has 3 aromatic rings. The van der Waals surface area contributed by atoms with Gasteiger partial charge >= 0.3 is 0 Å². The molecule has 3 rings (SSSR count). The molecule has 0 unspecified atom stereocenters. The van der Waals surface area contributed by atoms with Crippen LogP contribution in [0, 0.1) is 0 Å². The second-order valence-corrected chi connectivity index (χ2v) is 4.84. The first-order chi connectivity index (χ1) is 8.83. The average Bonchev–Trinajstić information content (AvgIpc) is 2.80. The molecule has 2 heterocycles. The molecule has 0 bridgehead atoms. The van der Waals surface area contributed by atoms with E-state index in [0.717, 1.165) is 21.6 Å². The molecule has 0 aliphatic carbocycles. The van der Waals surface area contributed by atoms with Gasteiger partial charge in [0, 0.05) is 10.7 Å². The summed E-state index contributed by atoms with van der Waals surface area (Å²) in [6.07, 6.45) is 3.83. The number of aromatic nitrogens is 2. The molecule has 0 amide bonds. The normalized spacial score (nSPS) is 10.7. The standard InChI is InChI=1S/C14H11BrN2O/c15-11-6-7-14-16-8-12(17(14)9-11)10-18-13-4-2-1-3-5-13/h1-9H,10H2. The Morgan fingerprint density at radius 3 is 2.78 bits per heavy atom. The van der Waals surface area contributed by atoms with Crippen LogP contribution in [-0.4, -0.2) is 9.38 Å². The first-order valence-corrected chi connectivity index (χ1v) is 6.41. The zero-order valence-electron chi connectivity index (χ0n) is 9.58. The Morgan fingerprint density at radius 2 is 1.94 bits per heavy atom. The van der Waals surface area contributed by atoms with Crippen molar-refractivity contribution in [3.63, 3.8) is 0 Å². The van der Waals surface area contributed by atoms with E-state index in [1.165, 1.54) is 0 Å². The van der Waals surface area contributed by atoms with Gasteiger partial charge in [-0.05, 0) is 40.2 Å². The molecular weight excluding hydrogens is 292 g/mol. The van der Waals surface area contributed by atoms with Crippen molar-refractivity contribution in [2.24, 2.45) is 0 Å². The zero-order valence-corrected chi connectivity index (χ0v) is 11.2. The van der Waals surface area contributed by atoms with E-state index < -0.39 is 0 Å². The van der Waals surface area contributed by atoms with Crippen molar-refractivity contribution in [1.82, 2.24) is 9.38 Å². The highest BCUT2D eigenvalue weighted by Crippen LogP contribution is 2.16. The number of para-hydroxylation sites is 1. The zero-order chi connectivity index (χ0) is 12.4. The van der Waals surface area contributed by atoms with Gasteiger partial charge < -0.3 is 4.74 Å². The van der Waals surface area contributed by atoms with Crippen LogP contribution in [0.3, 0.4) is 0 Å². The van der Waals surface area contributed by atoms with E-state index in [9.17, 15) is 0 Å². The predicted molar refractivity (Wildman–Crippen MR) is 73.7 cm³/mol. The van der Waals surface area contributed by atoms with Crippen molar-refractivity contribution < 1.29 is 4.74 Å². The fourth-order valence-electron chi connectivity index (χ4n) is 1.79. The topological polar surface area (TPSA) is 26.5 Å². The van der Waals surface area contributed by atoms with Crippen molar-refractivity contribution in [1.29, 1.82) is 0 Å². The van der Waals surface area contributed by atoms with Crippen molar-refractivity contribution >= 4 is 21.6 Å². The lowest BCUT2D eigenvalue weighted by atomic mass is 10.3. The smallest absolute Gasteiger partial charge is 0.137 e. The van der Waals surface area contributed by atoms with E-state index in [-0.39, 0.29) is 0 Å². The fourth-order valence-corrected chi connectivity index (χ4v) is 2.12. The summed E-state index contributed by atoms with van der Waals surface area (Å²) in [5.41, 5.74) is 1.94. The quantitative estimate of drug-likeness (QED) is 0.738. The van der Waals surface area contributed by atoms with Gasteiger partial charge in [0.2, 0.25) is 0 Å². The van der Waals surface area contributed by atoms with Gasteiger partial charge in [0.25, 0.3) is 0 Å². The van der Waals surface area contributed by atoms with E-state index in [2.05, 4.69) is 20.9 Å². The van der Waals surface area contributed by atoms with E-state index in [0.29, 0.717) is 6.61 Å². The molecule has 4 heteroatoms. The number of ether oxygens (including phenoxy) is 1. The Bertz CT molecular complexity index is 664. The molecule has 0 atom stereocenters. The lowest BCUT2D eigenvalue weighted by Crippen LogP contribution is -1.99. The maximum absolute atomic E-state index is 5.72. The molecule has 0 spiro atoms. The van der Waals surface area contributed by atoms with E-state index >= 15 is 0 Å². The summed E-state index contributed by atoms with van der Waals surface area (Å²) in [6, 6.07) is 13.7. The van der Waals surface area contributed by atoms with Gasteiger partial charge in [0.1, 0.15) is 18.0 Å². The average molecular weight is 303 g/mol. The van der Waals surface area contributed by atoms with Crippen LogP contribution in [0.2, 0.25) is 0 Å². The van der Waals surface area contributed by atoms with E-state index in [4.69, 9.17) is 4.74 Å². The SMILES string of the molecule is Brc1ccc2ncc(COc3ccccc3)n2c1. The minimum absolute atomic E-state index is 0.502. The number of nitrogens with zero attached hydrogens (tertiary/aromatic N) is 2. The first kappa shape index (κ1) is 11.3. The van der Waals surface area contributed by atoms with Crippen molar-refractivity contribution in [2.45, 2.75) is 6.61 Å². The summed E-state index contributed by atoms with van der Waals surface area (Å²) in [7, 11) is 0. The fraction of sp³-hybridized carbons (Fsp3) is 0.0714. The second kappa shape index (κ2) is 4.82. The minimum atomic E-state index is 0.502. The number of rotatable bonds is 3. The number of benzene rings is 1. The highest BCUT2D eigenvalue weighted by molar-refractivity contribution is 9.10. The monoisotopic (exact) mass is 302 g/mol. The van der Waals surface area contributed by atoms with Gasteiger partial charge in [-0.25, -0.2) is 4.98 Å².